The van der Waals surface area contributed by atoms with Crippen molar-refractivity contribution >= 4 is 5.82 Å². The second-order valence-corrected chi connectivity index (χ2v) is 4.43. The number of hydrogen-bond donors (Lipinski definition) is 1. The minimum absolute atomic E-state index is 0.446. The highest BCUT2D eigenvalue weighted by atomic mass is 15.3. The van der Waals surface area contributed by atoms with E-state index in [1.54, 1.807) is 0 Å². The molecule has 98 valence electrons. The van der Waals surface area contributed by atoms with Crippen LogP contribution in [0.5, 0.6) is 0 Å². The van der Waals surface area contributed by atoms with Crippen LogP contribution in [0.3, 0.4) is 0 Å². The maximum atomic E-state index is 4.51. The normalized spacial score (nSPS) is 12.6. The smallest absolute Gasteiger partial charge is 0.148 e. The first-order chi connectivity index (χ1) is 8.74. The van der Waals surface area contributed by atoms with Crippen LogP contribution in [-0.2, 0) is 13.1 Å². The first kappa shape index (κ1) is 12.7. The molecule has 1 atom stereocenters. The van der Waals surface area contributed by atoms with E-state index in [0.717, 1.165) is 25.3 Å². The van der Waals surface area contributed by atoms with Crippen LogP contribution in [0.4, 0.5) is 5.82 Å². The van der Waals surface area contributed by atoms with Gasteiger partial charge in [-0.05, 0) is 26.3 Å². The van der Waals surface area contributed by atoms with Gasteiger partial charge >= 0.3 is 0 Å². The molecule has 0 unspecified atom stereocenters. The third kappa shape index (κ3) is 2.72. The van der Waals surface area contributed by atoms with Gasteiger partial charge in [-0.2, -0.15) is 10.2 Å². The molecule has 0 bridgehead atoms. The van der Waals surface area contributed by atoms with E-state index in [-0.39, 0.29) is 0 Å². The van der Waals surface area contributed by atoms with Crippen LogP contribution in [0.2, 0.25) is 0 Å². The van der Waals surface area contributed by atoms with Crippen molar-refractivity contribution in [2.45, 2.75) is 46.3 Å². The molecule has 2 aromatic rings. The van der Waals surface area contributed by atoms with Gasteiger partial charge in [0.15, 0.2) is 0 Å². The van der Waals surface area contributed by atoms with Gasteiger partial charge in [0.05, 0.1) is 12.2 Å². The van der Waals surface area contributed by atoms with E-state index in [4.69, 9.17) is 0 Å². The number of aromatic nitrogens is 4. The molecule has 0 radical (unpaired) electrons. The average molecular weight is 247 g/mol. The largest absolute Gasteiger partial charge is 0.363 e. The standard InChI is InChI=1S/C13H21N5/c1-4-11(3)18-9-7-13(16-18)14-10-12-6-8-15-17(12)5-2/h6-9,11H,4-5,10H2,1-3H3,(H,14,16)/t11-/m1/s1. The van der Waals surface area contributed by atoms with Gasteiger partial charge in [0.2, 0.25) is 0 Å². The molecule has 0 aromatic carbocycles. The van der Waals surface area contributed by atoms with Gasteiger partial charge in [0.25, 0.3) is 0 Å². The van der Waals surface area contributed by atoms with Gasteiger partial charge in [-0.3, -0.25) is 9.36 Å². The van der Waals surface area contributed by atoms with Gasteiger partial charge in [-0.25, -0.2) is 0 Å². The van der Waals surface area contributed by atoms with E-state index in [2.05, 4.69) is 36.3 Å². The second kappa shape index (κ2) is 5.71. The fourth-order valence-electron chi connectivity index (χ4n) is 1.84. The van der Waals surface area contributed by atoms with Crippen LogP contribution in [0.1, 0.15) is 38.9 Å². The monoisotopic (exact) mass is 247 g/mol. The minimum atomic E-state index is 0.446. The molecule has 0 fully saturated rings. The molecule has 2 aromatic heterocycles. The molecule has 0 saturated heterocycles. The first-order valence-corrected chi connectivity index (χ1v) is 6.54. The van der Waals surface area contributed by atoms with E-state index in [1.165, 1.54) is 5.69 Å². The predicted octanol–water partition coefficient (Wildman–Crippen LogP) is 2.68. The Balaban J connectivity index is 1.96. The lowest BCUT2D eigenvalue weighted by molar-refractivity contribution is 0.479. The minimum Gasteiger partial charge on any atom is -0.363 e. The number of hydrogen-bond acceptors (Lipinski definition) is 3. The van der Waals surface area contributed by atoms with Crippen molar-refractivity contribution in [2.75, 3.05) is 5.32 Å². The molecule has 0 aliphatic rings. The Labute approximate surface area is 108 Å². The van der Waals surface area contributed by atoms with Crippen molar-refractivity contribution < 1.29 is 0 Å². The molecule has 18 heavy (non-hydrogen) atoms. The number of anilines is 1. The molecule has 0 spiro atoms. The Morgan fingerprint density at radius 2 is 2.17 bits per heavy atom. The maximum Gasteiger partial charge on any atom is 0.148 e. The molecular formula is C13H21N5. The van der Waals surface area contributed by atoms with E-state index < -0.39 is 0 Å². The van der Waals surface area contributed by atoms with E-state index >= 15 is 0 Å². The van der Waals surface area contributed by atoms with Crippen LogP contribution < -0.4 is 5.32 Å². The number of rotatable bonds is 6. The Morgan fingerprint density at radius 3 is 2.89 bits per heavy atom. The second-order valence-electron chi connectivity index (χ2n) is 4.43. The van der Waals surface area contributed by atoms with Gasteiger partial charge < -0.3 is 5.32 Å². The molecule has 2 rings (SSSR count). The van der Waals surface area contributed by atoms with Crippen molar-refractivity contribution in [3.63, 3.8) is 0 Å². The molecular weight excluding hydrogens is 226 g/mol. The summed E-state index contributed by atoms with van der Waals surface area (Å²) in [6, 6.07) is 4.49. The van der Waals surface area contributed by atoms with Crippen LogP contribution in [0, 0.1) is 0 Å². The quantitative estimate of drug-likeness (QED) is 0.853. The molecule has 0 amide bonds. The molecule has 0 aliphatic carbocycles. The van der Waals surface area contributed by atoms with Crippen LogP contribution >= 0.6 is 0 Å². The molecule has 0 saturated carbocycles. The van der Waals surface area contributed by atoms with Crippen LogP contribution in [-0.4, -0.2) is 19.6 Å². The van der Waals surface area contributed by atoms with E-state index in [9.17, 15) is 0 Å². The molecule has 5 heteroatoms. The molecule has 2 heterocycles. The highest BCUT2D eigenvalue weighted by molar-refractivity contribution is 5.33. The summed E-state index contributed by atoms with van der Waals surface area (Å²) in [5, 5.41) is 12.1. The molecule has 1 N–H and O–H groups in total. The third-order valence-electron chi connectivity index (χ3n) is 3.21. The van der Waals surface area contributed by atoms with E-state index in [0.29, 0.717) is 6.04 Å². The number of nitrogens with zero attached hydrogens (tertiary/aromatic N) is 4. The third-order valence-corrected chi connectivity index (χ3v) is 3.21. The highest BCUT2D eigenvalue weighted by Gasteiger charge is 2.05. The topological polar surface area (TPSA) is 47.7 Å². The number of nitrogens with one attached hydrogen (secondary N) is 1. The fourth-order valence-corrected chi connectivity index (χ4v) is 1.84. The highest BCUT2D eigenvalue weighted by Crippen LogP contribution is 2.12. The lowest BCUT2D eigenvalue weighted by atomic mass is 10.3. The summed E-state index contributed by atoms with van der Waals surface area (Å²) >= 11 is 0. The summed E-state index contributed by atoms with van der Waals surface area (Å²) in [7, 11) is 0. The lowest BCUT2D eigenvalue weighted by Crippen LogP contribution is -2.09. The van der Waals surface area contributed by atoms with Crippen molar-refractivity contribution in [3.8, 4) is 0 Å². The average Bonchev–Trinajstić information content (AvgIpc) is 3.03. The zero-order chi connectivity index (χ0) is 13.0. The Kier molecular flexibility index (Phi) is 4.02. The zero-order valence-electron chi connectivity index (χ0n) is 11.3. The molecule has 5 nitrogen and oxygen atoms in total. The SMILES string of the molecule is CC[C@@H](C)n1ccc(NCc2ccnn2CC)n1. The summed E-state index contributed by atoms with van der Waals surface area (Å²) < 4.78 is 3.98. The summed E-state index contributed by atoms with van der Waals surface area (Å²) in [5.41, 5.74) is 1.18. The summed E-state index contributed by atoms with van der Waals surface area (Å²) in [4.78, 5) is 0. The predicted molar refractivity (Wildman–Crippen MR) is 72.5 cm³/mol. The van der Waals surface area contributed by atoms with Gasteiger partial charge in [-0.1, -0.05) is 6.92 Å². The van der Waals surface area contributed by atoms with Crippen LogP contribution in [0.25, 0.3) is 0 Å². The van der Waals surface area contributed by atoms with Gasteiger partial charge in [0, 0.05) is 31.0 Å². The Hall–Kier alpha value is -1.78. The Bertz CT molecular complexity index is 485. The summed E-state index contributed by atoms with van der Waals surface area (Å²) in [6.07, 6.45) is 4.94. The summed E-state index contributed by atoms with van der Waals surface area (Å²) in [6.45, 7) is 8.08. The first-order valence-electron chi connectivity index (χ1n) is 6.54. The lowest BCUT2D eigenvalue weighted by Gasteiger charge is -2.09. The van der Waals surface area contributed by atoms with Crippen molar-refractivity contribution in [1.82, 2.24) is 19.6 Å². The van der Waals surface area contributed by atoms with Crippen molar-refractivity contribution in [2.24, 2.45) is 0 Å². The maximum absolute atomic E-state index is 4.51. The van der Waals surface area contributed by atoms with Crippen molar-refractivity contribution in [1.29, 1.82) is 0 Å². The van der Waals surface area contributed by atoms with Gasteiger partial charge in [-0.15, -0.1) is 0 Å². The van der Waals surface area contributed by atoms with Gasteiger partial charge in [0.1, 0.15) is 5.82 Å². The van der Waals surface area contributed by atoms with Crippen LogP contribution in [0.15, 0.2) is 24.5 Å². The van der Waals surface area contributed by atoms with Crippen molar-refractivity contribution in [3.05, 3.63) is 30.2 Å². The number of aryl methyl sites for hydroxylation is 1. The summed E-state index contributed by atoms with van der Waals surface area (Å²) in [5.74, 6) is 0.916. The zero-order valence-corrected chi connectivity index (χ0v) is 11.3. The molecule has 0 aliphatic heterocycles. The van der Waals surface area contributed by atoms with E-state index in [1.807, 2.05) is 33.9 Å². The fraction of sp³-hybridized carbons (Fsp3) is 0.538. The Morgan fingerprint density at radius 1 is 1.33 bits per heavy atom.